The van der Waals surface area contributed by atoms with Crippen LogP contribution >= 0.6 is 11.6 Å². The molecular weight excluding hydrogens is 234 g/mol. The molecular formula is C13H20ClN3. The zero-order chi connectivity index (χ0) is 12.1. The summed E-state index contributed by atoms with van der Waals surface area (Å²) >= 11 is 6.35. The number of aromatic nitrogens is 1. The predicted octanol–water partition coefficient (Wildman–Crippen LogP) is 2.96. The minimum Gasteiger partial charge on any atom is -0.355 e. The molecule has 1 aliphatic rings. The first-order valence-corrected chi connectivity index (χ1v) is 6.79. The largest absolute Gasteiger partial charge is 0.355 e. The summed E-state index contributed by atoms with van der Waals surface area (Å²) < 4.78 is 0. The summed E-state index contributed by atoms with van der Waals surface area (Å²) in [5.74, 6) is 0.913. The van der Waals surface area contributed by atoms with Crippen LogP contribution in [0.1, 0.15) is 37.7 Å². The highest BCUT2D eigenvalue weighted by Crippen LogP contribution is 2.28. The van der Waals surface area contributed by atoms with Gasteiger partial charge in [-0.3, -0.25) is 0 Å². The van der Waals surface area contributed by atoms with Crippen molar-refractivity contribution in [3.63, 3.8) is 0 Å². The first-order chi connectivity index (χ1) is 8.33. The molecule has 0 saturated carbocycles. The molecule has 0 bridgehead atoms. The van der Waals surface area contributed by atoms with Crippen LogP contribution in [0.3, 0.4) is 0 Å². The number of halogens is 1. The molecule has 4 heteroatoms. The Morgan fingerprint density at radius 2 is 1.82 bits per heavy atom. The third kappa shape index (κ3) is 3.11. The third-order valence-electron chi connectivity index (χ3n) is 3.33. The molecule has 0 aliphatic carbocycles. The van der Waals surface area contributed by atoms with Gasteiger partial charge >= 0.3 is 0 Å². The van der Waals surface area contributed by atoms with Crippen LogP contribution in [-0.2, 0) is 6.54 Å². The Hall–Kier alpha value is -0.800. The Morgan fingerprint density at radius 3 is 2.47 bits per heavy atom. The summed E-state index contributed by atoms with van der Waals surface area (Å²) in [6.07, 6.45) is 8.24. The Balaban J connectivity index is 2.19. The van der Waals surface area contributed by atoms with Gasteiger partial charge in [0.25, 0.3) is 0 Å². The van der Waals surface area contributed by atoms with Gasteiger partial charge in [0.05, 0.1) is 5.02 Å². The number of hydrogen-bond donors (Lipinski definition) is 1. The zero-order valence-corrected chi connectivity index (χ0v) is 10.9. The summed E-state index contributed by atoms with van der Waals surface area (Å²) in [6, 6.07) is 1.90. The van der Waals surface area contributed by atoms with E-state index in [1.54, 1.807) is 0 Å². The lowest BCUT2D eigenvalue weighted by Gasteiger charge is -2.27. The minimum absolute atomic E-state index is 0.474. The van der Waals surface area contributed by atoms with Gasteiger partial charge in [-0.05, 0) is 24.5 Å². The molecule has 1 aromatic heterocycles. The lowest BCUT2D eigenvalue weighted by atomic mass is 10.1. The molecule has 0 atom stereocenters. The van der Waals surface area contributed by atoms with Gasteiger partial charge < -0.3 is 10.6 Å². The third-order valence-corrected chi connectivity index (χ3v) is 3.74. The molecule has 3 nitrogen and oxygen atoms in total. The van der Waals surface area contributed by atoms with Gasteiger partial charge in [0.1, 0.15) is 5.82 Å². The normalized spacial score (nSPS) is 17.6. The fraction of sp³-hybridized carbons (Fsp3) is 0.615. The van der Waals surface area contributed by atoms with Crippen molar-refractivity contribution in [3.8, 4) is 0 Å². The molecule has 2 N–H and O–H groups in total. The average Bonchev–Trinajstić information content (AvgIpc) is 2.30. The van der Waals surface area contributed by atoms with Crippen molar-refractivity contribution in [2.45, 2.75) is 38.6 Å². The molecule has 94 valence electrons. The molecule has 1 saturated heterocycles. The van der Waals surface area contributed by atoms with Crippen LogP contribution in [0.2, 0.25) is 5.02 Å². The molecule has 1 aromatic rings. The van der Waals surface area contributed by atoms with Gasteiger partial charge in [-0.15, -0.1) is 0 Å². The van der Waals surface area contributed by atoms with Gasteiger partial charge in [-0.2, -0.15) is 0 Å². The second kappa shape index (κ2) is 6.22. The Kier molecular flexibility index (Phi) is 4.63. The SMILES string of the molecule is NCc1ccnc(N2CCCCCCC2)c1Cl. The molecule has 1 fully saturated rings. The van der Waals surface area contributed by atoms with Gasteiger partial charge in [-0.25, -0.2) is 4.98 Å². The number of nitrogens with two attached hydrogens (primary N) is 1. The lowest BCUT2D eigenvalue weighted by Crippen LogP contribution is -2.28. The van der Waals surface area contributed by atoms with E-state index in [0.717, 1.165) is 29.5 Å². The second-order valence-corrected chi connectivity index (χ2v) is 4.94. The van der Waals surface area contributed by atoms with E-state index in [1.807, 2.05) is 12.3 Å². The van der Waals surface area contributed by atoms with Crippen molar-refractivity contribution in [2.75, 3.05) is 18.0 Å². The smallest absolute Gasteiger partial charge is 0.147 e. The maximum Gasteiger partial charge on any atom is 0.147 e. The average molecular weight is 254 g/mol. The van der Waals surface area contributed by atoms with Gasteiger partial charge in [0.2, 0.25) is 0 Å². The van der Waals surface area contributed by atoms with Crippen molar-refractivity contribution in [1.82, 2.24) is 4.98 Å². The van der Waals surface area contributed by atoms with Crippen LogP contribution in [0.4, 0.5) is 5.82 Å². The predicted molar refractivity (Wildman–Crippen MR) is 72.4 cm³/mol. The highest BCUT2D eigenvalue weighted by atomic mass is 35.5. The number of nitrogens with zero attached hydrogens (tertiary/aromatic N) is 2. The topological polar surface area (TPSA) is 42.1 Å². The fourth-order valence-corrected chi connectivity index (χ4v) is 2.62. The summed E-state index contributed by atoms with van der Waals surface area (Å²) in [5, 5.41) is 0.732. The summed E-state index contributed by atoms with van der Waals surface area (Å²) in [7, 11) is 0. The van der Waals surface area contributed by atoms with Crippen LogP contribution < -0.4 is 10.6 Å². The molecule has 0 radical (unpaired) electrons. The van der Waals surface area contributed by atoms with E-state index < -0.39 is 0 Å². The van der Waals surface area contributed by atoms with Crippen LogP contribution in [0, 0.1) is 0 Å². The lowest BCUT2D eigenvalue weighted by molar-refractivity contribution is 0.553. The van der Waals surface area contributed by atoms with E-state index in [0.29, 0.717) is 6.54 Å². The molecule has 0 spiro atoms. The highest BCUT2D eigenvalue weighted by molar-refractivity contribution is 6.33. The summed E-state index contributed by atoms with van der Waals surface area (Å²) in [4.78, 5) is 6.73. The first-order valence-electron chi connectivity index (χ1n) is 6.41. The molecule has 1 aliphatic heterocycles. The molecule has 0 aromatic carbocycles. The standard InChI is InChI=1S/C13H20ClN3/c14-12-11(10-15)6-7-16-13(12)17-8-4-2-1-3-5-9-17/h6-7H,1-5,8-10,15H2. The monoisotopic (exact) mass is 253 g/mol. The van der Waals surface area contributed by atoms with Crippen molar-refractivity contribution in [1.29, 1.82) is 0 Å². The van der Waals surface area contributed by atoms with Crippen molar-refractivity contribution >= 4 is 17.4 Å². The quantitative estimate of drug-likeness (QED) is 0.881. The van der Waals surface area contributed by atoms with Crippen LogP contribution in [-0.4, -0.2) is 18.1 Å². The van der Waals surface area contributed by atoms with Gasteiger partial charge in [0.15, 0.2) is 0 Å². The van der Waals surface area contributed by atoms with Crippen LogP contribution in [0.15, 0.2) is 12.3 Å². The van der Waals surface area contributed by atoms with E-state index >= 15 is 0 Å². The Labute approximate surface area is 108 Å². The molecule has 0 unspecified atom stereocenters. The number of hydrogen-bond acceptors (Lipinski definition) is 3. The van der Waals surface area contributed by atoms with Crippen LogP contribution in [0.5, 0.6) is 0 Å². The second-order valence-electron chi connectivity index (χ2n) is 4.57. The molecule has 17 heavy (non-hydrogen) atoms. The summed E-state index contributed by atoms with van der Waals surface area (Å²) in [5.41, 5.74) is 6.66. The maximum atomic E-state index is 6.35. The zero-order valence-electron chi connectivity index (χ0n) is 10.2. The van der Waals surface area contributed by atoms with Crippen molar-refractivity contribution in [2.24, 2.45) is 5.73 Å². The van der Waals surface area contributed by atoms with E-state index in [2.05, 4.69) is 9.88 Å². The number of rotatable bonds is 2. The van der Waals surface area contributed by atoms with Crippen molar-refractivity contribution in [3.05, 3.63) is 22.8 Å². The fourth-order valence-electron chi connectivity index (χ4n) is 2.31. The highest BCUT2D eigenvalue weighted by Gasteiger charge is 2.15. The van der Waals surface area contributed by atoms with Crippen LogP contribution in [0.25, 0.3) is 0 Å². The first kappa shape index (κ1) is 12.7. The number of pyridine rings is 1. The number of anilines is 1. The van der Waals surface area contributed by atoms with E-state index in [9.17, 15) is 0 Å². The molecule has 2 heterocycles. The Morgan fingerprint density at radius 1 is 1.18 bits per heavy atom. The minimum atomic E-state index is 0.474. The Bertz CT molecular complexity index is 360. The summed E-state index contributed by atoms with van der Waals surface area (Å²) in [6.45, 7) is 2.59. The van der Waals surface area contributed by atoms with Crippen molar-refractivity contribution < 1.29 is 0 Å². The molecule has 2 rings (SSSR count). The molecule has 0 amide bonds. The van der Waals surface area contributed by atoms with E-state index in [4.69, 9.17) is 17.3 Å². The van der Waals surface area contributed by atoms with Gasteiger partial charge in [0, 0.05) is 25.8 Å². The van der Waals surface area contributed by atoms with Gasteiger partial charge in [-0.1, -0.05) is 30.9 Å². The maximum absolute atomic E-state index is 6.35. The van der Waals surface area contributed by atoms with E-state index in [-0.39, 0.29) is 0 Å². The van der Waals surface area contributed by atoms with E-state index in [1.165, 1.54) is 32.1 Å².